The molecule has 0 amide bonds. The second-order valence-corrected chi connectivity index (χ2v) is 4.52. The highest BCUT2D eigenvalue weighted by Gasteiger charge is 2.03. The van der Waals surface area contributed by atoms with Crippen molar-refractivity contribution >= 4 is 10.9 Å². The van der Waals surface area contributed by atoms with Gasteiger partial charge in [-0.25, -0.2) is 0 Å². The SMILES string of the molecule is Cc1cc(CNCc2cccc3cccnc23)no1. The van der Waals surface area contributed by atoms with E-state index >= 15 is 0 Å². The number of hydrogen-bond donors (Lipinski definition) is 1. The van der Waals surface area contributed by atoms with Crippen LogP contribution in [0.4, 0.5) is 0 Å². The molecule has 0 bridgehead atoms. The first-order valence-electron chi connectivity index (χ1n) is 6.28. The number of para-hydroxylation sites is 1. The van der Waals surface area contributed by atoms with Crippen molar-refractivity contribution < 1.29 is 4.52 Å². The molecule has 0 fully saturated rings. The molecule has 2 aromatic heterocycles. The van der Waals surface area contributed by atoms with Crippen molar-refractivity contribution in [3.05, 3.63) is 59.6 Å². The topological polar surface area (TPSA) is 51.0 Å². The van der Waals surface area contributed by atoms with Crippen molar-refractivity contribution in [1.82, 2.24) is 15.5 Å². The molecule has 2 heterocycles. The maximum Gasteiger partial charge on any atom is 0.133 e. The first-order chi connectivity index (χ1) is 9.33. The minimum Gasteiger partial charge on any atom is -0.361 e. The summed E-state index contributed by atoms with van der Waals surface area (Å²) in [5.41, 5.74) is 3.16. The highest BCUT2D eigenvalue weighted by atomic mass is 16.5. The molecule has 0 aliphatic carbocycles. The molecular weight excluding hydrogens is 238 g/mol. The molecule has 0 aliphatic heterocycles. The van der Waals surface area contributed by atoms with Crippen molar-refractivity contribution in [2.45, 2.75) is 20.0 Å². The zero-order valence-corrected chi connectivity index (χ0v) is 10.8. The minimum atomic E-state index is 0.695. The molecule has 0 atom stereocenters. The number of nitrogens with zero attached hydrogens (tertiary/aromatic N) is 2. The Hall–Kier alpha value is -2.20. The molecule has 0 aliphatic rings. The van der Waals surface area contributed by atoms with Gasteiger partial charge in [0.1, 0.15) is 5.76 Å². The number of fused-ring (bicyclic) bond motifs is 1. The van der Waals surface area contributed by atoms with E-state index in [4.69, 9.17) is 4.52 Å². The van der Waals surface area contributed by atoms with Gasteiger partial charge in [-0.05, 0) is 18.6 Å². The maximum atomic E-state index is 5.04. The van der Waals surface area contributed by atoms with Gasteiger partial charge >= 0.3 is 0 Å². The predicted octanol–water partition coefficient (Wildman–Crippen LogP) is 2.82. The van der Waals surface area contributed by atoms with E-state index in [9.17, 15) is 0 Å². The van der Waals surface area contributed by atoms with E-state index in [-0.39, 0.29) is 0 Å². The Morgan fingerprint density at radius 3 is 2.89 bits per heavy atom. The molecule has 0 saturated carbocycles. The monoisotopic (exact) mass is 253 g/mol. The zero-order valence-electron chi connectivity index (χ0n) is 10.8. The summed E-state index contributed by atoms with van der Waals surface area (Å²) in [7, 11) is 0. The normalized spacial score (nSPS) is 11.0. The van der Waals surface area contributed by atoms with Gasteiger partial charge in [-0.15, -0.1) is 0 Å². The fourth-order valence-electron chi connectivity index (χ4n) is 2.14. The van der Waals surface area contributed by atoms with Gasteiger partial charge in [-0.3, -0.25) is 4.98 Å². The van der Waals surface area contributed by atoms with Gasteiger partial charge in [0.2, 0.25) is 0 Å². The van der Waals surface area contributed by atoms with Gasteiger partial charge in [-0.1, -0.05) is 29.4 Å². The standard InChI is InChI=1S/C15H15N3O/c1-11-8-14(18-19-11)10-16-9-13-5-2-4-12-6-3-7-17-15(12)13/h2-8,16H,9-10H2,1H3. The average Bonchev–Trinajstić information content (AvgIpc) is 2.85. The Kier molecular flexibility index (Phi) is 3.25. The second-order valence-electron chi connectivity index (χ2n) is 4.52. The molecule has 1 N–H and O–H groups in total. The lowest BCUT2D eigenvalue weighted by Gasteiger charge is -2.06. The number of benzene rings is 1. The molecule has 19 heavy (non-hydrogen) atoms. The van der Waals surface area contributed by atoms with Crippen molar-refractivity contribution in [2.75, 3.05) is 0 Å². The molecule has 1 aromatic carbocycles. The number of nitrogens with one attached hydrogen (secondary N) is 1. The lowest BCUT2D eigenvalue weighted by atomic mass is 10.1. The zero-order chi connectivity index (χ0) is 13.1. The van der Waals surface area contributed by atoms with E-state index < -0.39 is 0 Å². The van der Waals surface area contributed by atoms with Crippen LogP contribution in [0.5, 0.6) is 0 Å². The van der Waals surface area contributed by atoms with Crippen LogP contribution < -0.4 is 5.32 Å². The van der Waals surface area contributed by atoms with Gasteiger partial charge in [0.05, 0.1) is 11.2 Å². The Morgan fingerprint density at radius 1 is 1.16 bits per heavy atom. The van der Waals surface area contributed by atoms with Crippen LogP contribution in [-0.4, -0.2) is 10.1 Å². The van der Waals surface area contributed by atoms with E-state index in [1.807, 2.05) is 25.3 Å². The number of pyridine rings is 1. The molecule has 0 spiro atoms. The van der Waals surface area contributed by atoms with Gasteiger partial charge in [0.25, 0.3) is 0 Å². The van der Waals surface area contributed by atoms with Gasteiger partial charge in [0, 0.05) is 30.7 Å². The predicted molar refractivity (Wildman–Crippen MR) is 73.5 cm³/mol. The van der Waals surface area contributed by atoms with Gasteiger partial charge in [0.15, 0.2) is 0 Å². The summed E-state index contributed by atoms with van der Waals surface area (Å²) in [5, 5.41) is 8.48. The first kappa shape index (κ1) is 11.9. The smallest absolute Gasteiger partial charge is 0.133 e. The van der Waals surface area contributed by atoms with E-state index in [0.29, 0.717) is 6.54 Å². The quantitative estimate of drug-likeness (QED) is 0.776. The van der Waals surface area contributed by atoms with Crippen LogP contribution in [0.3, 0.4) is 0 Å². The fraction of sp³-hybridized carbons (Fsp3) is 0.200. The van der Waals surface area contributed by atoms with Crippen LogP contribution in [0.1, 0.15) is 17.0 Å². The third-order valence-electron chi connectivity index (χ3n) is 3.01. The Labute approximate surface area is 111 Å². The molecular formula is C15H15N3O. The molecule has 3 rings (SSSR count). The summed E-state index contributed by atoms with van der Waals surface area (Å²) in [5.74, 6) is 0.837. The van der Waals surface area contributed by atoms with Crippen LogP contribution in [0.15, 0.2) is 47.1 Å². The van der Waals surface area contributed by atoms with Crippen LogP contribution >= 0.6 is 0 Å². The summed E-state index contributed by atoms with van der Waals surface area (Å²) >= 11 is 0. The van der Waals surface area contributed by atoms with Gasteiger partial charge in [-0.2, -0.15) is 0 Å². The summed E-state index contributed by atoms with van der Waals surface area (Å²) in [4.78, 5) is 4.44. The molecule has 3 aromatic rings. The lowest BCUT2D eigenvalue weighted by molar-refractivity contribution is 0.388. The molecule has 96 valence electrons. The second kappa shape index (κ2) is 5.20. The van der Waals surface area contributed by atoms with Crippen molar-refractivity contribution in [3.63, 3.8) is 0 Å². The van der Waals surface area contributed by atoms with E-state index in [0.717, 1.165) is 23.5 Å². The Morgan fingerprint density at radius 2 is 2.05 bits per heavy atom. The highest BCUT2D eigenvalue weighted by molar-refractivity contribution is 5.81. The summed E-state index contributed by atoms with van der Waals surface area (Å²) in [6.45, 7) is 3.35. The Balaban J connectivity index is 1.71. The van der Waals surface area contributed by atoms with Crippen LogP contribution in [0.25, 0.3) is 10.9 Å². The average molecular weight is 253 g/mol. The van der Waals surface area contributed by atoms with Gasteiger partial charge < -0.3 is 9.84 Å². The first-order valence-corrected chi connectivity index (χ1v) is 6.28. The summed E-state index contributed by atoms with van der Waals surface area (Å²) in [6.07, 6.45) is 1.83. The van der Waals surface area contributed by atoms with E-state index in [1.165, 1.54) is 10.9 Å². The van der Waals surface area contributed by atoms with E-state index in [2.05, 4.69) is 39.7 Å². The largest absolute Gasteiger partial charge is 0.361 e. The molecule has 0 radical (unpaired) electrons. The van der Waals surface area contributed by atoms with Crippen molar-refractivity contribution in [2.24, 2.45) is 0 Å². The number of aromatic nitrogens is 2. The van der Waals surface area contributed by atoms with Crippen LogP contribution in [0.2, 0.25) is 0 Å². The van der Waals surface area contributed by atoms with Crippen LogP contribution in [-0.2, 0) is 13.1 Å². The molecule has 0 unspecified atom stereocenters. The van der Waals surface area contributed by atoms with Crippen molar-refractivity contribution in [3.8, 4) is 0 Å². The van der Waals surface area contributed by atoms with E-state index in [1.54, 1.807) is 0 Å². The summed E-state index contributed by atoms with van der Waals surface area (Å²) < 4.78 is 5.04. The maximum absolute atomic E-state index is 5.04. The third-order valence-corrected chi connectivity index (χ3v) is 3.01. The molecule has 4 heteroatoms. The minimum absolute atomic E-state index is 0.695. The fourth-order valence-corrected chi connectivity index (χ4v) is 2.14. The lowest BCUT2D eigenvalue weighted by Crippen LogP contribution is -2.13. The molecule has 0 saturated heterocycles. The number of hydrogen-bond acceptors (Lipinski definition) is 4. The highest BCUT2D eigenvalue weighted by Crippen LogP contribution is 2.15. The summed E-state index contributed by atoms with van der Waals surface area (Å²) in [6, 6.07) is 12.2. The third kappa shape index (κ3) is 2.63. The van der Waals surface area contributed by atoms with Crippen molar-refractivity contribution in [1.29, 1.82) is 0 Å². The van der Waals surface area contributed by atoms with Crippen LogP contribution in [0, 0.1) is 6.92 Å². The number of rotatable bonds is 4. The number of aryl methyl sites for hydroxylation is 1. The Bertz CT molecular complexity index is 685. The molecule has 4 nitrogen and oxygen atoms in total.